The van der Waals surface area contributed by atoms with E-state index in [4.69, 9.17) is 4.98 Å². The van der Waals surface area contributed by atoms with Gasteiger partial charge in [0.2, 0.25) is 5.82 Å². The van der Waals surface area contributed by atoms with Crippen LogP contribution in [0.15, 0.2) is 12.1 Å². The second-order valence-electron chi connectivity index (χ2n) is 7.38. The van der Waals surface area contributed by atoms with Crippen LogP contribution in [0.25, 0.3) is 10.2 Å². The Bertz CT molecular complexity index is 1010. The van der Waals surface area contributed by atoms with Crippen LogP contribution in [0.5, 0.6) is 0 Å². The van der Waals surface area contributed by atoms with Crippen molar-refractivity contribution in [2.45, 2.75) is 33.2 Å². The van der Waals surface area contributed by atoms with E-state index in [9.17, 15) is 4.79 Å². The molecule has 3 aromatic rings. The SMILES string of the molecule is Cc1cc(C)c2sc(N(CCN(C)C)C(=O)c3nnc4n3CCC4)nc2c1. The Morgan fingerprint density at radius 1 is 1.22 bits per heavy atom. The molecule has 1 aromatic carbocycles. The molecule has 0 saturated carbocycles. The Balaban J connectivity index is 1.74. The van der Waals surface area contributed by atoms with Crippen molar-refractivity contribution in [1.29, 1.82) is 0 Å². The summed E-state index contributed by atoms with van der Waals surface area (Å²) < 4.78 is 3.08. The number of anilines is 1. The third-order valence-corrected chi connectivity index (χ3v) is 6.09. The molecule has 0 aliphatic carbocycles. The largest absolute Gasteiger partial charge is 0.308 e. The summed E-state index contributed by atoms with van der Waals surface area (Å²) in [6.45, 7) is 6.28. The number of likely N-dealkylation sites (N-methyl/N-ethyl adjacent to an activating group) is 1. The smallest absolute Gasteiger partial charge is 0.298 e. The molecule has 0 bridgehead atoms. The molecule has 0 unspecified atom stereocenters. The maximum absolute atomic E-state index is 13.4. The summed E-state index contributed by atoms with van der Waals surface area (Å²) in [7, 11) is 4.01. The van der Waals surface area contributed by atoms with Gasteiger partial charge in [0.05, 0.1) is 10.2 Å². The summed E-state index contributed by atoms with van der Waals surface area (Å²) in [5, 5.41) is 9.10. The van der Waals surface area contributed by atoms with Gasteiger partial charge in [0.1, 0.15) is 5.82 Å². The average molecular weight is 385 g/mol. The number of aromatic nitrogens is 4. The predicted molar refractivity (Wildman–Crippen MR) is 108 cm³/mol. The van der Waals surface area contributed by atoms with Crippen molar-refractivity contribution in [1.82, 2.24) is 24.6 Å². The Morgan fingerprint density at radius 3 is 2.81 bits per heavy atom. The van der Waals surface area contributed by atoms with E-state index >= 15 is 0 Å². The maximum atomic E-state index is 13.4. The molecule has 8 heteroatoms. The van der Waals surface area contributed by atoms with E-state index < -0.39 is 0 Å². The maximum Gasteiger partial charge on any atom is 0.298 e. The van der Waals surface area contributed by atoms with Gasteiger partial charge in [-0.3, -0.25) is 9.69 Å². The highest BCUT2D eigenvalue weighted by molar-refractivity contribution is 7.22. The highest BCUT2D eigenvalue weighted by Crippen LogP contribution is 2.33. The number of hydrogen-bond donors (Lipinski definition) is 0. The first-order valence-corrected chi connectivity index (χ1v) is 10.0. The number of rotatable bonds is 5. The zero-order chi connectivity index (χ0) is 19.1. The lowest BCUT2D eigenvalue weighted by atomic mass is 10.1. The number of fused-ring (bicyclic) bond motifs is 2. The van der Waals surface area contributed by atoms with E-state index in [1.807, 2.05) is 18.7 Å². The fraction of sp³-hybridized carbons (Fsp3) is 0.474. The van der Waals surface area contributed by atoms with Crippen LogP contribution in [-0.2, 0) is 13.0 Å². The lowest BCUT2D eigenvalue weighted by Gasteiger charge is -2.21. The highest BCUT2D eigenvalue weighted by atomic mass is 32.1. The van der Waals surface area contributed by atoms with Crippen molar-refractivity contribution in [2.24, 2.45) is 0 Å². The van der Waals surface area contributed by atoms with Crippen molar-refractivity contribution in [2.75, 3.05) is 32.1 Å². The van der Waals surface area contributed by atoms with Gasteiger partial charge in [-0.05, 0) is 51.6 Å². The van der Waals surface area contributed by atoms with Crippen LogP contribution in [0.3, 0.4) is 0 Å². The van der Waals surface area contributed by atoms with Gasteiger partial charge in [-0.2, -0.15) is 0 Å². The number of carbonyl (C=O) groups is 1. The summed E-state index contributed by atoms with van der Waals surface area (Å²) in [6, 6.07) is 4.23. The van der Waals surface area contributed by atoms with Crippen molar-refractivity contribution >= 4 is 32.6 Å². The van der Waals surface area contributed by atoms with Crippen LogP contribution >= 0.6 is 11.3 Å². The third-order valence-electron chi connectivity index (χ3n) is 4.86. The van der Waals surface area contributed by atoms with E-state index in [0.717, 1.165) is 47.1 Å². The Morgan fingerprint density at radius 2 is 2.04 bits per heavy atom. The molecule has 3 heterocycles. The molecular weight excluding hydrogens is 360 g/mol. The van der Waals surface area contributed by atoms with E-state index in [0.29, 0.717) is 12.4 Å². The van der Waals surface area contributed by atoms with Crippen LogP contribution < -0.4 is 4.90 Å². The van der Waals surface area contributed by atoms with Gasteiger partial charge in [-0.1, -0.05) is 17.4 Å². The van der Waals surface area contributed by atoms with E-state index in [2.05, 4.69) is 41.1 Å². The molecule has 0 N–H and O–H groups in total. The molecule has 1 aliphatic rings. The van der Waals surface area contributed by atoms with Gasteiger partial charge < -0.3 is 9.47 Å². The molecule has 142 valence electrons. The summed E-state index contributed by atoms with van der Waals surface area (Å²) in [5.41, 5.74) is 3.32. The number of aryl methyl sites for hydroxylation is 3. The van der Waals surface area contributed by atoms with Crippen molar-refractivity contribution in [3.8, 4) is 0 Å². The normalized spacial score (nSPS) is 13.5. The molecule has 0 atom stereocenters. The van der Waals surface area contributed by atoms with E-state index in [-0.39, 0.29) is 5.91 Å². The monoisotopic (exact) mass is 384 g/mol. The minimum atomic E-state index is -0.120. The fourth-order valence-corrected chi connectivity index (χ4v) is 4.53. The molecule has 4 rings (SSSR count). The standard InChI is InChI=1S/C19H24N6OS/c1-12-10-13(2)16-14(11-12)20-19(27-16)25(9-8-23(3)4)18(26)17-22-21-15-6-5-7-24(15)17/h10-11H,5-9H2,1-4H3. The zero-order valence-corrected chi connectivity index (χ0v) is 17.0. The van der Waals surface area contributed by atoms with Crippen LogP contribution in [0.2, 0.25) is 0 Å². The van der Waals surface area contributed by atoms with Crippen LogP contribution in [0, 0.1) is 13.8 Å². The predicted octanol–water partition coefficient (Wildman–Crippen LogP) is 2.66. The Hall–Kier alpha value is -2.32. The lowest BCUT2D eigenvalue weighted by molar-refractivity contribution is 0.0971. The van der Waals surface area contributed by atoms with Crippen molar-refractivity contribution in [3.05, 3.63) is 34.9 Å². The van der Waals surface area contributed by atoms with Crippen LogP contribution in [-0.4, -0.2) is 57.7 Å². The minimum absolute atomic E-state index is 0.120. The quantitative estimate of drug-likeness (QED) is 0.677. The molecule has 2 aromatic heterocycles. The number of carbonyl (C=O) groups excluding carboxylic acids is 1. The number of benzene rings is 1. The topological polar surface area (TPSA) is 67.2 Å². The third kappa shape index (κ3) is 3.35. The van der Waals surface area contributed by atoms with Gasteiger partial charge >= 0.3 is 0 Å². The van der Waals surface area contributed by atoms with Gasteiger partial charge in [0.25, 0.3) is 5.91 Å². The first-order valence-electron chi connectivity index (χ1n) is 9.20. The second kappa shape index (κ2) is 7.01. The van der Waals surface area contributed by atoms with E-state index in [1.54, 1.807) is 16.2 Å². The lowest BCUT2D eigenvalue weighted by Crippen LogP contribution is -2.38. The van der Waals surface area contributed by atoms with Gasteiger partial charge in [0, 0.05) is 26.1 Å². The number of nitrogens with zero attached hydrogens (tertiary/aromatic N) is 6. The van der Waals surface area contributed by atoms with Crippen molar-refractivity contribution < 1.29 is 4.79 Å². The minimum Gasteiger partial charge on any atom is -0.308 e. The molecule has 1 aliphatic heterocycles. The molecule has 0 saturated heterocycles. The molecule has 1 amide bonds. The molecule has 0 spiro atoms. The van der Waals surface area contributed by atoms with E-state index in [1.165, 1.54) is 11.1 Å². The first-order chi connectivity index (χ1) is 12.9. The van der Waals surface area contributed by atoms with Gasteiger partial charge in [0.15, 0.2) is 5.13 Å². The number of amides is 1. The first kappa shape index (κ1) is 18.1. The Kier molecular flexibility index (Phi) is 4.69. The molecular formula is C19H24N6OS. The molecule has 0 radical (unpaired) electrons. The molecule has 0 fully saturated rings. The van der Waals surface area contributed by atoms with Crippen molar-refractivity contribution in [3.63, 3.8) is 0 Å². The molecule has 27 heavy (non-hydrogen) atoms. The zero-order valence-electron chi connectivity index (χ0n) is 16.2. The van der Waals surface area contributed by atoms with Gasteiger partial charge in [-0.15, -0.1) is 10.2 Å². The molecule has 7 nitrogen and oxygen atoms in total. The summed E-state index contributed by atoms with van der Waals surface area (Å²) in [5.74, 6) is 1.21. The van der Waals surface area contributed by atoms with Crippen LogP contribution in [0.4, 0.5) is 5.13 Å². The average Bonchev–Trinajstić information content (AvgIpc) is 3.28. The number of hydrogen-bond acceptors (Lipinski definition) is 6. The summed E-state index contributed by atoms with van der Waals surface area (Å²) >= 11 is 1.57. The van der Waals surface area contributed by atoms with Gasteiger partial charge in [-0.25, -0.2) is 4.98 Å². The highest BCUT2D eigenvalue weighted by Gasteiger charge is 2.29. The number of thiazole rings is 1. The van der Waals surface area contributed by atoms with Crippen LogP contribution in [0.1, 0.15) is 34.0 Å². The summed E-state index contributed by atoms with van der Waals surface area (Å²) in [4.78, 5) is 22.0. The Labute approximate surface area is 162 Å². The summed E-state index contributed by atoms with van der Waals surface area (Å²) in [6.07, 6.45) is 1.90. The second-order valence-corrected chi connectivity index (χ2v) is 8.36. The fourth-order valence-electron chi connectivity index (χ4n) is 3.49.